The van der Waals surface area contributed by atoms with Gasteiger partial charge in [-0.1, -0.05) is 18.2 Å². The van der Waals surface area contributed by atoms with E-state index in [4.69, 9.17) is 0 Å². The average Bonchev–Trinajstić information content (AvgIpc) is 2.49. The zero-order valence-corrected chi connectivity index (χ0v) is 8.42. The Hall–Kier alpha value is -1.16. The lowest BCUT2D eigenvalue weighted by atomic mass is 10.0. The average molecular weight is 210 g/mol. The fourth-order valence-corrected chi connectivity index (χ4v) is 2.43. The molecule has 0 aliphatic heterocycles. The Morgan fingerprint density at radius 2 is 2.00 bits per heavy atom. The number of Topliss-reactive ketones (excluding diaryl/α,β-unsaturated/α-hetero) is 1. The fraction of sp³-hybridized carbons (Fsp3) is 0.300. The van der Waals surface area contributed by atoms with Gasteiger partial charge < -0.3 is 0 Å². The Bertz CT molecular complexity index is 452. The first kappa shape index (κ1) is 9.40. The van der Waals surface area contributed by atoms with Gasteiger partial charge in [0.05, 0.1) is 5.75 Å². The van der Waals surface area contributed by atoms with Crippen molar-refractivity contribution in [3.63, 3.8) is 0 Å². The minimum absolute atomic E-state index is 0.0474. The summed E-state index contributed by atoms with van der Waals surface area (Å²) in [6.07, 6.45) is 1.20. The van der Waals surface area contributed by atoms with E-state index in [2.05, 4.69) is 0 Å². The van der Waals surface area contributed by atoms with Crippen LogP contribution < -0.4 is 0 Å². The molecule has 3 nitrogen and oxygen atoms in total. The number of hydrogen-bond donors (Lipinski definition) is 1. The molecule has 1 aromatic carbocycles. The first-order valence-corrected chi connectivity index (χ1v) is 5.80. The number of carbonyl (C=O) groups is 1. The summed E-state index contributed by atoms with van der Waals surface area (Å²) in [5, 5.41) is 0. The molecule has 0 amide bonds. The molecular formula is C10H10O3S. The predicted octanol–water partition coefficient (Wildman–Crippen LogP) is 0.927. The van der Waals surface area contributed by atoms with Crippen molar-refractivity contribution in [2.24, 2.45) is 0 Å². The summed E-state index contributed by atoms with van der Waals surface area (Å²) in [7, 11) is -2.41. The lowest BCUT2D eigenvalue weighted by molar-refractivity contribution is 0.0994. The number of rotatable bonds is 2. The Balaban J connectivity index is 2.48. The number of thiol groups is 1. The minimum atomic E-state index is -2.41. The second-order valence-corrected chi connectivity index (χ2v) is 4.34. The normalized spacial score (nSPS) is 14.8. The summed E-state index contributed by atoms with van der Waals surface area (Å²) in [6.45, 7) is 0. The molecule has 0 spiro atoms. The highest BCUT2D eigenvalue weighted by Crippen LogP contribution is 2.25. The maximum atomic E-state index is 11.4. The molecule has 0 saturated heterocycles. The molecule has 14 heavy (non-hydrogen) atoms. The van der Waals surface area contributed by atoms with Gasteiger partial charge in [0.2, 0.25) is 0 Å². The molecule has 4 heteroatoms. The van der Waals surface area contributed by atoms with Crippen molar-refractivity contribution < 1.29 is 13.2 Å². The number of benzene rings is 1. The van der Waals surface area contributed by atoms with Crippen molar-refractivity contribution >= 4 is 16.5 Å². The highest BCUT2D eigenvalue weighted by molar-refractivity contribution is 7.71. The SMILES string of the molecule is O=C1CCc2c(C[SH](=O)=O)cccc21. The molecule has 1 aromatic rings. The summed E-state index contributed by atoms with van der Waals surface area (Å²) in [5.41, 5.74) is 2.42. The van der Waals surface area contributed by atoms with Crippen molar-refractivity contribution in [2.45, 2.75) is 18.6 Å². The molecular weight excluding hydrogens is 200 g/mol. The number of ketones is 1. The molecule has 74 valence electrons. The smallest absolute Gasteiger partial charge is 0.163 e. The number of carbonyl (C=O) groups excluding carboxylic acids is 1. The molecule has 2 rings (SSSR count). The van der Waals surface area contributed by atoms with E-state index >= 15 is 0 Å². The van der Waals surface area contributed by atoms with Gasteiger partial charge in [0.25, 0.3) is 0 Å². The molecule has 0 N–H and O–H groups in total. The van der Waals surface area contributed by atoms with Crippen LogP contribution in [0.5, 0.6) is 0 Å². The van der Waals surface area contributed by atoms with Gasteiger partial charge in [-0.05, 0) is 17.5 Å². The third-order valence-corrected chi connectivity index (χ3v) is 3.07. The molecule has 0 aromatic heterocycles. The molecule has 1 aliphatic carbocycles. The van der Waals surface area contributed by atoms with E-state index in [9.17, 15) is 13.2 Å². The van der Waals surface area contributed by atoms with Gasteiger partial charge in [-0.3, -0.25) is 4.79 Å². The van der Waals surface area contributed by atoms with Crippen LogP contribution in [0.3, 0.4) is 0 Å². The van der Waals surface area contributed by atoms with Gasteiger partial charge in [0.15, 0.2) is 5.78 Å². The summed E-state index contributed by atoms with van der Waals surface area (Å²) in [4.78, 5) is 11.4. The van der Waals surface area contributed by atoms with Crippen molar-refractivity contribution in [3.8, 4) is 0 Å². The van der Waals surface area contributed by atoms with Crippen LogP contribution >= 0.6 is 0 Å². The Morgan fingerprint density at radius 1 is 1.21 bits per heavy atom. The Labute approximate surface area is 83.7 Å². The van der Waals surface area contributed by atoms with Gasteiger partial charge in [-0.25, -0.2) is 8.42 Å². The second kappa shape index (κ2) is 3.53. The quantitative estimate of drug-likeness (QED) is 0.739. The Kier molecular flexibility index (Phi) is 2.37. The van der Waals surface area contributed by atoms with E-state index in [-0.39, 0.29) is 11.5 Å². The van der Waals surface area contributed by atoms with Gasteiger partial charge >= 0.3 is 0 Å². The maximum Gasteiger partial charge on any atom is 0.163 e. The summed E-state index contributed by atoms with van der Waals surface area (Å²) >= 11 is 0. The van der Waals surface area contributed by atoms with Crippen molar-refractivity contribution in [1.82, 2.24) is 0 Å². The molecule has 0 radical (unpaired) electrons. The summed E-state index contributed by atoms with van der Waals surface area (Å²) in [6, 6.07) is 5.30. The van der Waals surface area contributed by atoms with Crippen LogP contribution in [0.2, 0.25) is 0 Å². The molecule has 0 fully saturated rings. The largest absolute Gasteiger partial charge is 0.294 e. The van der Waals surface area contributed by atoms with Crippen molar-refractivity contribution in [2.75, 3.05) is 0 Å². The topological polar surface area (TPSA) is 51.2 Å². The fourth-order valence-electron chi connectivity index (χ4n) is 1.85. The van der Waals surface area contributed by atoms with Gasteiger partial charge in [0.1, 0.15) is 10.7 Å². The van der Waals surface area contributed by atoms with Crippen LogP contribution in [0.4, 0.5) is 0 Å². The predicted molar refractivity (Wildman–Crippen MR) is 53.1 cm³/mol. The van der Waals surface area contributed by atoms with E-state index in [1.807, 2.05) is 0 Å². The van der Waals surface area contributed by atoms with Crippen LogP contribution in [0, 0.1) is 0 Å². The molecule has 0 atom stereocenters. The van der Waals surface area contributed by atoms with Crippen LogP contribution in [-0.2, 0) is 22.9 Å². The van der Waals surface area contributed by atoms with E-state index < -0.39 is 10.7 Å². The summed E-state index contributed by atoms with van der Waals surface area (Å²) in [5.74, 6) is 0.175. The molecule has 0 saturated carbocycles. The standard InChI is InChI=1S/C10H10O3S/c11-10-5-4-8-7(6-14(12)13)2-1-3-9(8)10/h1-3,14H,4-6H2. The zero-order valence-electron chi connectivity index (χ0n) is 7.53. The van der Waals surface area contributed by atoms with Crippen LogP contribution in [0.1, 0.15) is 27.9 Å². The highest BCUT2D eigenvalue weighted by atomic mass is 32.2. The van der Waals surface area contributed by atoms with Crippen LogP contribution in [0.15, 0.2) is 18.2 Å². The molecule has 0 bridgehead atoms. The van der Waals surface area contributed by atoms with E-state index in [0.29, 0.717) is 18.4 Å². The monoisotopic (exact) mass is 210 g/mol. The lowest BCUT2D eigenvalue weighted by Gasteiger charge is -2.02. The second-order valence-electron chi connectivity index (χ2n) is 3.36. The molecule has 0 heterocycles. The van der Waals surface area contributed by atoms with Gasteiger partial charge in [0, 0.05) is 12.0 Å². The minimum Gasteiger partial charge on any atom is -0.294 e. The third-order valence-electron chi connectivity index (χ3n) is 2.47. The first-order valence-electron chi connectivity index (χ1n) is 4.44. The highest BCUT2D eigenvalue weighted by Gasteiger charge is 2.21. The Morgan fingerprint density at radius 3 is 2.71 bits per heavy atom. The first-order chi connectivity index (χ1) is 6.68. The lowest BCUT2D eigenvalue weighted by Crippen LogP contribution is -1.96. The van der Waals surface area contributed by atoms with Crippen LogP contribution in [0.25, 0.3) is 0 Å². The van der Waals surface area contributed by atoms with Crippen molar-refractivity contribution in [3.05, 3.63) is 34.9 Å². The van der Waals surface area contributed by atoms with Crippen LogP contribution in [-0.4, -0.2) is 14.2 Å². The van der Waals surface area contributed by atoms with Gasteiger partial charge in [-0.2, -0.15) is 0 Å². The van der Waals surface area contributed by atoms with E-state index in [1.54, 1.807) is 18.2 Å². The molecule has 0 unspecified atom stereocenters. The number of fused-ring (bicyclic) bond motifs is 1. The van der Waals surface area contributed by atoms with Crippen molar-refractivity contribution in [1.29, 1.82) is 0 Å². The number of hydrogen-bond acceptors (Lipinski definition) is 3. The van der Waals surface area contributed by atoms with E-state index in [1.165, 1.54) is 0 Å². The third kappa shape index (κ3) is 1.57. The van der Waals surface area contributed by atoms with E-state index in [0.717, 1.165) is 11.1 Å². The maximum absolute atomic E-state index is 11.4. The summed E-state index contributed by atoms with van der Waals surface area (Å²) < 4.78 is 21.2. The van der Waals surface area contributed by atoms with Gasteiger partial charge in [-0.15, -0.1) is 0 Å². The molecule has 1 aliphatic rings. The zero-order chi connectivity index (χ0) is 10.1.